The maximum absolute atomic E-state index is 13.2. The average molecular weight is 490 g/mol. The second-order valence-corrected chi connectivity index (χ2v) is 9.48. The molecule has 9 heteroatoms. The van der Waals surface area contributed by atoms with E-state index in [2.05, 4.69) is 10.3 Å². The number of aromatic nitrogens is 2. The summed E-state index contributed by atoms with van der Waals surface area (Å²) in [6, 6.07) is 12.2. The molecule has 3 rings (SSSR count). The average Bonchev–Trinajstić information content (AvgIpc) is 2.78. The minimum atomic E-state index is -0.517. The third-order valence-corrected chi connectivity index (χ3v) is 6.20. The Morgan fingerprint density at radius 1 is 1.21 bits per heavy atom. The fraction of sp³-hybridized carbons (Fsp3) is 0.375. The first-order valence-corrected chi connectivity index (χ1v) is 12.0. The molecular formula is C24H28ClN3O4S. The van der Waals surface area contributed by atoms with E-state index in [0.29, 0.717) is 52.1 Å². The van der Waals surface area contributed by atoms with Crippen LogP contribution < -0.4 is 15.6 Å². The van der Waals surface area contributed by atoms with Gasteiger partial charge in [0.15, 0.2) is 5.16 Å². The molecule has 1 aromatic heterocycles. The number of hydrogen-bond donors (Lipinski definition) is 1. The summed E-state index contributed by atoms with van der Waals surface area (Å²) in [4.78, 5) is 30.8. The van der Waals surface area contributed by atoms with Crippen LogP contribution in [0.15, 0.2) is 52.4 Å². The van der Waals surface area contributed by atoms with E-state index in [1.165, 1.54) is 11.8 Å². The summed E-state index contributed by atoms with van der Waals surface area (Å²) in [5.41, 5.74) is 0.919. The molecule has 0 bridgehead atoms. The van der Waals surface area contributed by atoms with E-state index in [4.69, 9.17) is 21.1 Å². The molecule has 0 radical (unpaired) electrons. The normalized spacial score (nSPS) is 12.2. The molecule has 176 valence electrons. The molecule has 0 saturated carbocycles. The molecule has 1 heterocycles. The lowest BCUT2D eigenvalue weighted by atomic mass is 10.2. The summed E-state index contributed by atoms with van der Waals surface area (Å²) in [6.45, 7) is 6.67. The summed E-state index contributed by atoms with van der Waals surface area (Å²) < 4.78 is 12.5. The zero-order valence-electron chi connectivity index (χ0n) is 19.1. The monoisotopic (exact) mass is 489 g/mol. The molecule has 0 saturated heterocycles. The number of nitrogens with one attached hydrogen (secondary N) is 1. The molecule has 1 amide bonds. The number of carbonyl (C=O) groups excluding carboxylic acids is 1. The van der Waals surface area contributed by atoms with E-state index >= 15 is 0 Å². The summed E-state index contributed by atoms with van der Waals surface area (Å²) in [6.07, 6.45) is 0.764. The van der Waals surface area contributed by atoms with Crippen molar-refractivity contribution in [3.8, 4) is 5.75 Å². The van der Waals surface area contributed by atoms with Crippen molar-refractivity contribution in [3.05, 3.63) is 57.8 Å². The van der Waals surface area contributed by atoms with Gasteiger partial charge < -0.3 is 14.8 Å². The molecule has 0 aliphatic rings. The Morgan fingerprint density at radius 3 is 2.70 bits per heavy atom. The van der Waals surface area contributed by atoms with Crippen LogP contribution >= 0.6 is 23.4 Å². The van der Waals surface area contributed by atoms with E-state index < -0.39 is 5.25 Å². The maximum atomic E-state index is 13.2. The number of carbonyl (C=O) groups is 1. The van der Waals surface area contributed by atoms with Crippen LogP contribution in [0, 0.1) is 0 Å². The number of hydrogen-bond acceptors (Lipinski definition) is 6. The first kappa shape index (κ1) is 25.1. The van der Waals surface area contributed by atoms with Crippen molar-refractivity contribution in [2.75, 3.05) is 19.0 Å². The van der Waals surface area contributed by atoms with E-state index in [1.807, 2.05) is 26.0 Å². The van der Waals surface area contributed by atoms with Gasteiger partial charge in [0.2, 0.25) is 5.91 Å². The Kier molecular flexibility index (Phi) is 8.77. The van der Waals surface area contributed by atoms with Gasteiger partial charge in [-0.05, 0) is 57.5 Å². The van der Waals surface area contributed by atoms with Crippen LogP contribution in [-0.4, -0.2) is 40.5 Å². The third kappa shape index (κ3) is 6.50. The smallest absolute Gasteiger partial charge is 0.262 e. The Labute approximate surface area is 202 Å². The van der Waals surface area contributed by atoms with Crippen LogP contribution in [0.5, 0.6) is 5.75 Å². The molecule has 1 atom stereocenters. The molecule has 0 aliphatic carbocycles. The van der Waals surface area contributed by atoms with Crippen LogP contribution in [0.1, 0.15) is 27.2 Å². The number of amides is 1. The summed E-state index contributed by atoms with van der Waals surface area (Å²) in [7, 11) is 1.55. The van der Waals surface area contributed by atoms with Gasteiger partial charge in [-0.1, -0.05) is 35.5 Å². The van der Waals surface area contributed by atoms with Gasteiger partial charge in [-0.2, -0.15) is 0 Å². The highest BCUT2D eigenvalue weighted by molar-refractivity contribution is 8.00. The highest BCUT2D eigenvalue weighted by atomic mass is 35.5. The Balaban J connectivity index is 1.86. The lowest BCUT2D eigenvalue weighted by molar-refractivity contribution is -0.115. The van der Waals surface area contributed by atoms with Gasteiger partial charge in [0.05, 0.1) is 35.1 Å². The summed E-state index contributed by atoms with van der Waals surface area (Å²) in [5.74, 6) is 0.350. The van der Waals surface area contributed by atoms with Crippen molar-refractivity contribution in [1.82, 2.24) is 9.55 Å². The quantitative estimate of drug-likeness (QED) is 0.245. The van der Waals surface area contributed by atoms with Crippen molar-refractivity contribution >= 4 is 45.9 Å². The highest BCUT2D eigenvalue weighted by Crippen LogP contribution is 2.27. The number of para-hydroxylation sites is 2. The van der Waals surface area contributed by atoms with Crippen molar-refractivity contribution in [1.29, 1.82) is 0 Å². The molecule has 0 unspecified atom stereocenters. The standard InChI is InChI=1S/C24H28ClN3O4S/c1-15(2)32-13-7-12-28-23(30)18-11-10-17(25)14-20(18)27-24(28)33-16(3)22(29)26-19-8-5-6-9-21(19)31-4/h5-6,8-11,14-16H,7,12-13H2,1-4H3,(H,26,29)/t16-/m0/s1. The molecule has 33 heavy (non-hydrogen) atoms. The zero-order chi connectivity index (χ0) is 24.0. The number of nitrogens with zero attached hydrogens (tertiary/aromatic N) is 2. The molecule has 0 fully saturated rings. The minimum Gasteiger partial charge on any atom is -0.495 e. The predicted octanol–water partition coefficient (Wildman–Crippen LogP) is 4.99. The van der Waals surface area contributed by atoms with E-state index in [0.717, 1.165) is 0 Å². The first-order valence-electron chi connectivity index (χ1n) is 10.7. The van der Waals surface area contributed by atoms with Gasteiger partial charge in [-0.15, -0.1) is 0 Å². The summed E-state index contributed by atoms with van der Waals surface area (Å²) >= 11 is 7.35. The second kappa shape index (κ2) is 11.5. The van der Waals surface area contributed by atoms with Crippen LogP contribution in [0.2, 0.25) is 5.02 Å². The van der Waals surface area contributed by atoms with Crippen molar-refractivity contribution in [3.63, 3.8) is 0 Å². The fourth-order valence-electron chi connectivity index (χ4n) is 3.20. The van der Waals surface area contributed by atoms with Gasteiger partial charge in [0.1, 0.15) is 5.75 Å². The number of methoxy groups -OCH3 is 1. The minimum absolute atomic E-state index is 0.117. The zero-order valence-corrected chi connectivity index (χ0v) is 20.7. The van der Waals surface area contributed by atoms with Crippen molar-refractivity contribution in [2.24, 2.45) is 0 Å². The van der Waals surface area contributed by atoms with Crippen molar-refractivity contribution in [2.45, 2.75) is 50.2 Å². The Morgan fingerprint density at radius 2 is 1.97 bits per heavy atom. The number of anilines is 1. The van der Waals surface area contributed by atoms with Gasteiger partial charge >= 0.3 is 0 Å². The number of thioether (sulfide) groups is 1. The predicted molar refractivity (Wildman–Crippen MR) is 134 cm³/mol. The van der Waals surface area contributed by atoms with Gasteiger partial charge in [0, 0.05) is 18.2 Å². The molecule has 0 spiro atoms. The van der Waals surface area contributed by atoms with E-state index in [-0.39, 0.29) is 17.6 Å². The highest BCUT2D eigenvalue weighted by Gasteiger charge is 2.20. The Hall–Kier alpha value is -2.55. The maximum Gasteiger partial charge on any atom is 0.262 e. The van der Waals surface area contributed by atoms with Gasteiger partial charge in [0.25, 0.3) is 5.56 Å². The largest absolute Gasteiger partial charge is 0.495 e. The number of halogens is 1. The molecular weight excluding hydrogens is 462 g/mol. The summed E-state index contributed by atoms with van der Waals surface area (Å²) in [5, 5.41) is 3.81. The van der Waals surface area contributed by atoms with E-state index in [1.54, 1.807) is 48.9 Å². The molecule has 7 nitrogen and oxygen atoms in total. The number of fused-ring (bicyclic) bond motifs is 1. The van der Waals surface area contributed by atoms with Crippen LogP contribution in [0.3, 0.4) is 0 Å². The first-order chi connectivity index (χ1) is 15.8. The molecule has 3 aromatic rings. The van der Waals surface area contributed by atoms with Crippen molar-refractivity contribution < 1.29 is 14.3 Å². The fourth-order valence-corrected chi connectivity index (χ4v) is 4.30. The lowest BCUT2D eigenvalue weighted by Crippen LogP contribution is -2.27. The number of rotatable bonds is 10. The van der Waals surface area contributed by atoms with Crippen LogP contribution in [-0.2, 0) is 16.1 Å². The third-order valence-electron chi connectivity index (χ3n) is 4.88. The number of ether oxygens (including phenoxy) is 2. The van der Waals surface area contributed by atoms with Crippen LogP contribution in [0.25, 0.3) is 10.9 Å². The van der Waals surface area contributed by atoms with Gasteiger partial charge in [-0.3, -0.25) is 14.2 Å². The molecule has 0 aliphatic heterocycles. The van der Waals surface area contributed by atoms with Gasteiger partial charge in [-0.25, -0.2) is 4.98 Å². The molecule has 1 N–H and O–H groups in total. The van der Waals surface area contributed by atoms with E-state index in [9.17, 15) is 9.59 Å². The Bertz CT molecular complexity index is 1180. The molecule has 2 aromatic carbocycles. The lowest BCUT2D eigenvalue weighted by Gasteiger charge is -2.17. The van der Waals surface area contributed by atoms with Crippen LogP contribution in [0.4, 0.5) is 5.69 Å². The number of benzene rings is 2. The second-order valence-electron chi connectivity index (χ2n) is 7.74. The topological polar surface area (TPSA) is 82.5 Å². The SMILES string of the molecule is COc1ccccc1NC(=O)[C@H](C)Sc1nc2cc(Cl)ccc2c(=O)n1CCCOC(C)C.